The van der Waals surface area contributed by atoms with E-state index in [1.807, 2.05) is 55.5 Å². The van der Waals surface area contributed by atoms with Crippen LogP contribution in [0.2, 0.25) is 0 Å². The third-order valence-corrected chi connectivity index (χ3v) is 4.53. The fourth-order valence-corrected chi connectivity index (χ4v) is 2.98. The average molecular weight is 416 g/mol. The van der Waals surface area contributed by atoms with E-state index in [1.165, 1.54) is 6.26 Å². The van der Waals surface area contributed by atoms with Crippen LogP contribution in [0.3, 0.4) is 0 Å². The van der Waals surface area contributed by atoms with E-state index in [4.69, 9.17) is 18.6 Å². The van der Waals surface area contributed by atoms with E-state index >= 15 is 0 Å². The molecule has 156 valence electrons. The number of aryl methyl sites for hydroxylation is 1. The van der Waals surface area contributed by atoms with E-state index in [9.17, 15) is 9.59 Å². The molecule has 0 spiro atoms. The van der Waals surface area contributed by atoms with E-state index in [1.54, 1.807) is 24.3 Å². The molecule has 0 aliphatic rings. The van der Waals surface area contributed by atoms with Crippen LogP contribution in [-0.4, -0.2) is 12.6 Å². The highest BCUT2D eigenvalue weighted by Crippen LogP contribution is 2.24. The lowest BCUT2D eigenvalue weighted by Crippen LogP contribution is -2.14. The highest BCUT2D eigenvalue weighted by molar-refractivity contribution is 5.79. The van der Waals surface area contributed by atoms with Gasteiger partial charge in [-0.2, -0.15) is 0 Å². The van der Waals surface area contributed by atoms with Crippen molar-refractivity contribution in [1.82, 2.24) is 0 Å². The molecule has 1 aromatic heterocycles. The van der Waals surface area contributed by atoms with Gasteiger partial charge >= 0.3 is 5.97 Å². The summed E-state index contributed by atoms with van der Waals surface area (Å²) in [5.41, 5.74) is 1.95. The number of fused-ring (bicyclic) bond motifs is 1. The topological polar surface area (TPSA) is 75.0 Å². The molecule has 4 aromatic rings. The molecule has 0 aliphatic carbocycles. The highest BCUT2D eigenvalue weighted by Gasteiger charge is 2.11. The molecule has 4 rings (SSSR count). The van der Waals surface area contributed by atoms with Crippen molar-refractivity contribution >= 4 is 16.9 Å². The summed E-state index contributed by atoms with van der Waals surface area (Å²) in [6.07, 6.45) is 1.27. The number of rotatable bonds is 7. The third-order valence-electron chi connectivity index (χ3n) is 4.53. The number of esters is 1. The van der Waals surface area contributed by atoms with Gasteiger partial charge in [-0.15, -0.1) is 0 Å². The van der Waals surface area contributed by atoms with Crippen molar-refractivity contribution in [3.8, 4) is 17.2 Å². The van der Waals surface area contributed by atoms with Gasteiger partial charge in [-0.3, -0.25) is 4.79 Å². The lowest BCUT2D eigenvalue weighted by atomic mass is 10.2. The molecule has 0 saturated carbocycles. The highest BCUT2D eigenvalue weighted by atomic mass is 16.6. The summed E-state index contributed by atoms with van der Waals surface area (Å²) in [6.45, 7) is 1.87. The Hall–Kier alpha value is -4.06. The van der Waals surface area contributed by atoms with Crippen LogP contribution >= 0.6 is 0 Å². The molecule has 0 saturated heterocycles. The number of carbonyl (C=O) groups excluding carboxylic acids is 1. The van der Waals surface area contributed by atoms with E-state index in [2.05, 4.69) is 0 Å². The molecular formula is C25H20O6. The zero-order valence-electron chi connectivity index (χ0n) is 16.9. The molecule has 0 atom stereocenters. The van der Waals surface area contributed by atoms with E-state index in [0.717, 1.165) is 11.1 Å². The molecule has 0 unspecified atom stereocenters. The SMILES string of the molecule is Cc1cccc(Oc2coc3cc(OCC(=O)OCc4ccccc4)ccc3c2=O)c1. The first-order valence-corrected chi connectivity index (χ1v) is 9.71. The minimum Gasteiger partial charge on any atom is -0.482 e. The Morgan fingerprint density at radius 2 is 1.77 bits per heavy atom. The maximum atomic E-state index is 12.7. The van der Waals surface area contributed by atoms with Crippen LogP contribution in [0.1, 0.15) is 11.1 Å². The first-order chi connectivity index (χ1) is 15.1. The summed E-state index contributed by atoms with van der Waals surface area (Å²) < 4.78 is 21.9. The predicted molar refractivity (Wildman–Crippen MR) is 115 cm³/mol. The number of benzene rings is 3. The molecule has 0 bridgehead atoms. The van der Waals surface area contributed by atoms with Crippen LogP contribution in [0, 0.1) is 6.92 Å². The van der Waals surface area contributed by atoms with Gasteiger partial charge in [-0.05, 0) is 42.3 Å². The maximum Gasteiger partial charge on any atom is 0.344 e. The lowest BCUT2D eigenvalue weighted by Gasteiger charge is -2.09. The summed E-state index contributed by atoms with van der Waals surface area (Å²) in [5.74, 6) is 0.545. The number of hydrogen-bond donors (Lipinski definition) is 0. The van der Waals surface area contributed by atoms with Crippen molar-refractivity contribution in [3.63, 3.8) is 0 Å². The molecule has 3 aromatic carbocycles. The summed E-state index contributed by atoms with van der Waals surface area (Å²) in [6, 6.07) is 21.5. The van der Waals surface area contributed by atoms with Gasteiger partial charge < -0.3 is 18.6 Å². The van der Waals surface area contributed by atoms with E-state index in [-0.39, 0.29) is 24.4 Å². The second-order valence-electron chi connectivity index (χ2n) is 6.94. The Morgan fingerprint density at radius 3 is 2.58 bits per heavy atom. The normalized spacial score (nSPS) is 10.6. The molecule has 31 heavy (non-hydrogen) atoms. The molecule has 0 N–H and O–H groups in total. The van der Waals surface area contributed by atoms with Crippen molar-refractivity contribution in [3.05, 3.63) is 100 Å². The van der Waals surface area contributed by atoms with Gasteiger partial charge in [0, 0.05) is 6.07 Å². The summed E-state index contributed by atoms with van der Waals surface area (Å²) in [7, 11) is 0. The van der Waals surface area contributed by atoms with E-state index in [0.29, 0.717) is 22.5 Å². The van der Waals surface area contributed by atoms with Gasteiger partial charge in [0.2, 0.25) is 11.2 Å². The Morgan fingerprint density at radius 1 is 0.935 bits per heavy atom. The van der Waals surface area contributed by atoms with Gasteiger partial charge in [0.1, 0.15) is 30.0 Å². The van der Waals surface area contributed by atoms with Gasteiger partial charge in [0.25, 0.3) is 0 Å². The van der Waals surface area contributed by atoms with Crippen LogP contribution < -0.4 is 14.9 Å². The number of hydrogen-bond acceptors (Lipinski definition) is 6. The lowest BCUT2D eigenvalue weighted by molar-refractivity contribution is -0.147. The standard InChI is InChI=1S/C25H20O6/c1-17-6-5-9-20(12-17)31-23-15-29-22-13-19(10-11-21(22)25(23)27)28-16-24(26)30-14-18-7-3-2-4-8-18/h2-13,15H,14,16H2,1H3. The molecule has 0 radical (unpaired) electrons. The molecule has 1 heterocycles. The Balaban J connectivity index is 1.41. The smallest absolute Gasteiger partial charge is 0.344 e. The van der Waals surface area contributed by atoms with Crippen molar-refractivity contribution in [1.29, 1.82) is 0 Å². The summed E-state index contributed by atoms with van der Waals surface area (Å²) in [5, 5.41) is 0.351. The first kappa shape index (κ1) is 20.2. The van der Waals surface area contributed by atoms with Crippen LogP contribution in [0.15, 0.2) is 88.3 Å². The van der Waals surface area contributed by atoms with Gasteiger partial charge in [0.15, 0.2) is 6.61 Å². The Kier molecular flexibility index (Phi) is 5.98. The quantitative estimate of drug-likeness (QED) is 0.394. The van der Waals surface area contributed by atoms with Crippen LogP contribution in [0.5, 0.6) is 17.2 Å². The minimum absolute atomic E-state index is 0.0938. The predicted octanol–water partition coefficient (Wildman–Crippen LogP) is 5.02. The summed E-state index contributed by atoms with van der Waals surface area (Å²) >= 11 is 0. The fraction of sp³-hybridized carbons (Fsp3) is 0.120. The molecule has 6 nitrogen and oxygen atoms in total. The van der Waals surface area contributed by atoms with Crippen molar-refractivity contribution in [2.24, 2.45) is 0 Å². The average Bonchev–Trinajstić information content (AvgIpc) is 2.79. The van der Waals surface area contributed by atoms with Gasteiger partial charge in [-0.1, -0.05) is 42.5 Å². The molecule has 0 amide bonds. The molecule has 0 fully saturated rings. The Bertz CT molecular complexity index is 1260. The second kappa shape index (κ2) is 9.17. The van der Waals surface area contributed by atoms with Gasteiger partial charge in [-0.25, -0.2) is 4.79 Å². The minimum atomic E-state index is -0.493. The van der Waals surface area contributed by atoms with Crippen LogP contribution in [-0.2, 0) is 16.1 Å². The fourth-order valence-electron chi connectivity index (χ4n) is 2.98. The summed E-state index contributed by atoms with van der Waals surface area (Å²) in [4.78, 5) is 24.6. The van der Waals surface area contributed by atoms with Gasteiger partial charge in [0.05, 0.1) is 5.39 Å². The zero-order valence-corrected chi connectivity index (χ0v) is 16.9. The third kappa shape index (κ3) is 5.11. The molecule has 0 aliphatic heterocycles. The van der Waals surface area contributed by atoms with Crippen molar-refractivity contribution in [2.45, 2.75) is 13.5 Å². The maximum absolute atomic E-state index is 12.7. The second-order valence-corrected chi connectivity index (χ2v) is 6.94. The largest absolute Gasteiger partial charge is 0.482 e. The zero-order chi connectivity index (χ0) is 21.6. The van der Waals surface area contributed by atoms with E-state index < -0.39 is 5.97 Å². The monoisotopic (exact) mass is 416 g/mol. The molecular weight excluding hydrogens is 396 g/mol. The van der Waals surface area contributed by atoms with Crippen molar-refractivity contribution < 1.29 is 23.4 Å². The Labute approximate surface area is 178 Å². The van der Waals surface area contributed by atoms with Crippen LogP contribution in [0.25, 0.3) is 11.0 Å². The molecule has 6 heteroatoms. The number of ether oxygens (including phenoxy) is 3. The number of carbonyl (C=O) groups is 1. The first-order valence-electron chi connectivity index (χ1n) is 9.71. The van der Waals surface area contributed by atoms with Crippen molar-refractivity contribution in [2.75, 3.05) is 6.61 Å². The van der Waals surface area contributed by atoms with Crippen LogP contribution in [0.4, 0.5) is 0 Å².